The molecule has 1 heterocycles. The Balaban J connectivity index is 0.000000180. The van der Waals surface area contributed by atoms with Gasteiger partial charge in [0.2, 0.25) is 0 Å². The first-order chi connectivity index (χ1) is 13.0. The zero-order chi connectivity index (χ0) is 19.2. The fourth-order valence-corrected chi connectivity index (χ4v) is 3.03. The molecule has 0 spiro atoms. The SMILES string of the molecule is CN1CN(Cc2ccccc2)c2ccccc21.Nc1ccc(C(=O)O)cc1. The first-order valence-corrected chi connectivity index (χ1v) is 8.72. The van der Waals surface area contributed by atoms with E-state index in [2.05, 4.69) is 71.4 Å². The lowest BCUT2D eigenvalue weighted by Gasteiger charge is -2.19. The molecular formula is C22H23N3O2. The van der Waals surface area contributed by atoms with Gasteiger partial charge < -0.3 is 20.6 Å². The minimum atomic E-state index is -0.931. The Morgan fingerprint density at radius 1 is 0.926 bits per heavy atom. The van der Waals surface area contributed by atoms with Crippen LogP contribution >= 0.6 is 0 Å². The van der Waals surface area contributed by atoms with Crippen molar-refractivity contribution in [3.63, 3.8) is 0 Å². The van der Waals surface area contributed by atoms with Gasteiger partial charge in [-0.1, -0.05) is 42.5 Å². The second-order valence-electron chi connectivity index (χ2n) is 6.44. The van der Waals surface area contributed by atoms with Crippen LogP contribution in [0.5, 0.6) is 0 Å². The number of nitrogens with zero attached hydrogens (tertiary/aromatic N) is 2. The van der Waals surface area contributed by atoms with E-state index in [0.717, 1.165) is 13.2 Å². The minimum Gasteiger partial charge on any atom is -0.478 e. The summed E-state index contributed by atoms with van der Waals surface area (Å²) < 4.78 is 0. The third-order valence-electron chi connectivity index (χ3n) is 4.39. The maximum Gasteiger partial charge on any atom is 0.335 e. The van der Waals surface area contributed by atoms with Gasteiger partial charge in [-0.15, -0.1) is 0 Å². The number of hydrogen-bond donors (Lipinski definition) is 2. The summed E-state index contributed by atoms with van der Waals surface area (Å²) in [5, 5.41) is 8.43. The molecule has 0 saturated heterocycles. The molecule has 138 valence electrons. The molecule has 0 bridgehead atoms. The number of carbonyl (C=O) groups is 1. The molecule has 4 rings (SSSR count). The van der Waals surface area contributed by atoms with Crippen molar-refractivity contribution in [2.75, 3.05) is 29.2 Å². The van der Waals surface area contributed by atoms with Gasteiger partial charge in [-0.3, -0.25) is 0 Å². The summed E-state index contributed by atoms with van der Waals surface area (Å²) in [7, 11) is 2.14. The first-order valence-electron chi connectivity index (χ1n) is 8.72. The minimum absolute atomic E-state index is 0.259. The van der Waals surface area contributed by atoms with Gasteiger partial charge in [0, 0.05) is 19.3 Å². The molecular weight excluding hydrogens is 338 g/mol. The maximum atomic E-state index is 10.3. The number of aromatic carboxylic acids is 1. The molecule has 1 aliphatic rings. The molecule has 0 amide bonds. The highest BCUT2D eigenvalue weighted by Gasteiger charge is 2.22. The van der Waals surface area contributed by atoms with E-state index in [1.165, 1.54) is 29.1 Å². The molecule has 1 aliphatic heterocycles. The molecule has 0 radical (unpaired) electrons. The van der Waals surface area contributed by atoms with Crippen LogP contribution in [0.25, 0.3) is 0 Å². The number of benzene rings is 3. The zero-order valence-electron chi connectivity index (χ0n) is 15.2. The summed E-state index contributed by atoms with van der Waals surface area (Å²) in [6.45, 7) is 1.94. The molecule has 0 aromatic heterocycles. The quantitative estimate of drug-likeness (QED) is 0.688. The van der Waals surface area contributed by atoms with Crippen LogP contribution in [0.3, 0.4) is 0 Å². The fraction of sp³-hybridized carbons (Fsp3) is 0.136. The van der Waals surface area contributed by atoms with Gasteiger partial charge in [0.05, 0.1) is 23.6 Å². The molecule has 3 aromatic carbocycles. The van der Waals surface area contributed by atoms with Gasteiger partial charge in [0.15, 0.2) is 0 Å². The summed E-state index contributed by atoms with van der Waals surface area (Å²) in [6.07, 6.45) is 0. The van der Waals surface area contributed by atoms with Crippen LogP contribution in [0.4, 0.5) is 17.1 Å². The van der Waals surface area contributed by atoms with Crippen LogP contribution in [0.1, 0.15) is 15.9 Å². The third kappa shape index (κ3) is 4.58. The summed E-state index contributed by atoms with van der Waals surface area (Å²) in [6, 6.07) is 25.3. The highest BCUT2D eigenvalue weighted by Crippen LogP contribution is 2.35. The lowest BCUT2D eigenvalue weighted by Crippen LogP contribution is -2.27. The Labute approximate surface area is 159 Å². The smallest absolute Gasteiger partial charge is 0.335 e. The predicted octanol–water partition coefficient (Wildman–Crippen LogP) is 4.07. The van der Waals surface area contributed by atoms with Gasteiger partial charge in [-0.05, 0) is 42.0 Å². The molecule has 5 heteroatoms. The van der Waals surface area contributed by atoms with E-state index < -0.39 is 5.97 Å². The van der Waals surface area contributed by atoms with Gasteiger partial charge in [0.1, 0.15) is 0 Å². The molecule has 5 nitrogen and oxygen atoms in total. The van der Waals surface area contributed by atoms with Crippen LogP contribution in [-0.4, -0.2) is 24.8 Å². The number of carboxylic acids is 1. The molecule has 27 heavy (non-hydrogen) atoms. The van der Waals surface area contributed by atoms with Crippen molar-refractivity contribution in [2.24, 2.45) is 0 Å². The Morgan fingerprint density at radius 3 is 2.15 bits per heavy atom. The van der Waals surface area contributed by atoms with E-state index in [4.69, 9.17) is 10.8 Å². The Hall–Kier alpha value is -3.47. The van der Waals surface area contributed by atoms with E-state index in [0.29, 0.717) is 5.69 Å². The Bertz CT molecular complexity index is 895. The topological polar surface area (TPSA) is 69.8 Å². The standard InChI is InChI=1S/C15H16N2.C7H7NO2/c1-16-12-17(11-13-7-3-2-4-8-13)15-10-6-5-9-14(15)16;8-6-3-1-5(2-4-6)7(9)10/h2-10H,11-12H2,1H3;1-4H,8H2,(H,9,10). The fourth-order valence-electron chi connectivity index (χ4n) is 3.03. The normalized spacial score (nSPS) is 12.2. The number of anilines is 3. The van der Waals surface area contributed by atoms with Crippen LogP contribution in [0.15, 0.2) is 78.9 Å². The molecule has 3 aromatic rings. The van der Waals surface area contributed by atoms with Crippen molar-refractivity contribution in [3.8, 4) is 0 Å². The van der Waals surface area contributed by atoms with E-state index in [1.54, 1.807) is 12.1 Å². The Kier molecular flexibility index (Phi) is 5.61. The van der Waals surface area contributed by atoms with Crippen molar-refractivity contribution < 1.29 is 9.90 Å². The summed E-state index contributed by atoms with van der Waals surface area (Å²) in [4.78, 5) is 15.0. The van der Waals surface area contributed by atoms with Gasteiger partial charge in [-0.25, -0.2) is 4.79 Å². The molecule has 0 unspecified atom stereocenters. The number of rotatable bonds is 3. The van der Waals surface area contributed by atoms with Gasteiger partial charge in [-0.2, -0.15) is 0 Å². The first kappa shape index (κ1) is 18.3. The summed E-state index contributed by atoms with van der Waals surface area (Å²) in [5.41, 5.74) is 10.2. The van der Waals surface area contributed by atoms with Crippen LogP contribution in [0, 0.1) is 0 Å². The van der Waals surface area contributed by atoms with Crippen LogP contribution in [0.2, 0.25) is 0 Å². The monoisotopic (exact) mass is 361 g/mol. The third-order valence-corrected chi connectivity index (χ3v) is 4.39. The molecule has 0 aliphatic carbocycles. The molecule has 0 saturated carbocycles. The van der Waals surface area contributed by atoms with Crippen molar-refractivity contribution in [1.82, 2.24) is 0 Å². The second-order valence-corrected chi connectivity index (χ2v) is 6.44. The number of hydrogen-bond acceptors (Lipinski definition) is 4. The number of para-hydroxylation sites is 2. The van der Waals surface area contributed by atoms with E-state index in [-0.39, 0.29) is 5.56 Å². The van der Waals surface area contributed by atoms with Crippen molar-refractivity contribution in [2.45, 2.75) is 6.54 Å². The van der Waals surface area contributed by atoms with E-state index in [9.17, 15) is 4.79 Å². The number of fused-ring (bicyclic) bond motifs is 1. The average molecular weight is 361 g/mol. The van der Waals surface area contributed by atoms with Crippen molar-refractivity contribution >= 4 is 23.0 Å². The number of carboxylic acid groups (broad SMARTS) is 1. The highest BCUT2D eigenvalue weighted by molar-refractivity contribution is 5.87. The van der Waals surface area contributed by atoms with Crippen molar-refractivity contribution in [1.29, 1.82) is 0 Å². The number of nitrogen functional groups attached to an aromatic ring is 1. The Morgan fingerprint density at radius 2 is 1.52 bits per heavy atom. The maximum absolute atomic E-state index is 10.3. The predicted molar refractivity (Wildman–Crippen MR) is 110 cm³/mol. The summed E-state index contributed by atoms with van der Waals surface area (Å²) in [5.74, 6) is -0.931. The lowest BCUT2D eigenvalue weighted by molar-refractivity contribution is 0.0697. The second kappa shape index (κ2) is 8.27. The van der Waals surface area contributed by atoms with E-state index >= 15 is 0 Å². The largest absolute Gasteiger partial charge is 0.478 e. The molecule has 0 fully saturated rings. The average Bonchev–Trinajstić information content (AvgIpc) is 2.99. The van der Waals surface area contributed by atoms with Gasteiger partial charge >= 0.3 is 5.97 Å². The van der Waals surface area contributed by atoms with Crippen molar-refractivity contribution in [3.05, 3.63) is 90.0 Å². The molecule has 3 N–H and O–H groups in total. The molecule has 0 atom stereocenters. The highest BCUT2D eigenvalue weighted by atomic mass is 16.4. The zero-order valence-corrected chi connectivity index (χ0v) is 15.2. The van der Waals surface area contributed by atoms with E-state index in [1.807, 2.05) is 0 Å². The van der Waals surface area contributed by atoms with Crippen LogP contribution < -0.4 is 15.5 Å². The number of nitrogens with two attached hydrogens (primary N) is 1. The van der Waals surface area contributed by atoms with Crippen LogP contribution in [-0.2, 0) is 6.54 Å². The summed E-state index contributed by atoms with van der Waals surface area (Å²) >= 11 is 0. The lowest BCUT2D eigenvalue weighted by atomic mass is 10.2. The van der Waals surface area contributed by atoms with Gasteiger partial charge in [0.25, 0.3) is 0 Å².